The number of ether oxygens (including phenoxy) is 1. The molecule has 0 bridgehead atoms. The SMILES string of the molecule is CCN(CC)CCOC(=O)Cn1nc(C)cc1-c1nc(-c2cccc(C)c2)ns1. The second-order valence-corrected chi connectivity index (χ2v) is 7.62. The number of carbonyl (C=O) groups excluding carboxylic acids is 1. The smallest absolute Gasteiger partial charge is 0.327 e. The van der Waals surface area contributed by atoms with Crippen molar-refractivity contribution in [1.82, 2.24) is 24.0 Å². The first-order chi connectivity index (χ1) is 14.0. The number of esters is 1. The van der Waals surface area contributed by atoms with Gasteiger partial charge in [-0.1, -0.05) is 37.6 Å². The average Bonchev–Trinajstić information content (AvgIpc) is 3.32. The van der Waals surface area contributed by atoms with Gasteiger partial charge in [-0.15, -0.1) is 0 Å². The molecule has 0 atom stereocenters. The van der Waals surface area contributed by atoms with E-state index >= 15 is 0 Å². The molecule has 0 fully saturated rings. The summed E-state index contributed by atoms with van der Waals surface area (Å²) in [7, 11) is 0. The molecule has 0 spiro atoms. The van der Waals surface area contributed by atoms with Crippen LogP contribution in [0.15, 0.2) is 30.3 Å². The fourth-order valence-electron chi connectivity index (χ4n) is 3.06. The van der Waals surface area contributed by atoms with Gasteiger partial charge in [-0.05, 0) is 50.6 Å². The van der Waals surface area contributed by atoms with Crippen LogP contribution in [0.1, 0.15) is 25.1 Å². The van der Waals surface area contributed by atoms with Gasteiger partial charge in [0.2, 0.25) is 0 Å². The molecule has 3 aromatic rings. The van der Waals surface area contributed by atoms with Gasteiger partial charge in [0.15, 0.2) is 10.8 Å². The van der Waals surface area contributed by atoms with Gasteiger partial charge < -0.3 is 9.64 Å². The van der Waals surface area contributed by atoms with E-state index in [1.807, 2.05) is 38.1 Å². The molecule has 2 aromatic heterocycles. The molecule has 1 aromatic carbocycles. The Morgan fingerprint density at radius 3 is 2.72 bits per heavy atom. The summed E-state index contributed by atoms with van der Waals surface area (Å²) in [6, 6.07) is 10.0. The maximum absolute atomic E-state index is 12.3. The number of nitrogens with zero attached hydrogens (tertiary/aromatic N) is 5. The van der Waals surface area contributed by atoms with Crippen molar-refractivity contribution in [2.45, 2.75) is 34.2 Å². The van der Waals surface area contributed by atoms with E-state index in [1.165, 1.54) is 11.5 Å². The van der Waals surface area contributed by atoms with Gasteiger partial charge in [0, 0.05) is 12.1 Å². The summed E-state index contributed by atoms with van der Waals surface area (Å²) in [5.74, 6) is 0.380. The lowest BCUT2D eigenvalue weighted by atomic mass is 10.1. The molecule has 0 amide bonds. The van der Waals surface area contributed by atoms with Gasteiger partial charge in [-0.2, -0.15) is 9.47 Å². The topological polar surface area (TPSA) is 73.1 Å². The van der Waals surface area contributed by atoms with E-state index in [0.29, 0.717) is 12.4 Å². The molecule has 8 heteroatoms. The number of hydrogen-bond donors (Lipinski definition) is 0. The Morgan fingerprint density at radius 1 is 1.21 bits per heavy atom. The summed E-state index contributed by atoms with van der Waals surface area (Å²) in [5, 5.41) is 5.18. The zero-order valence-electron chi connectivity index (χ0n) is 17.4. The van der Waals surface area contributed by atoms with Crippen LogP contribution in [0.4, 0.5) is 0 Å². The normalized spacial score (nSPS) is 11.2. The van der Waals surface area contributed by atoms with Crippen LogP contribution in [0.3, 0.4) is 0 Å². The van der Waals surface area contributed by atoms with Crippen molar-refractivity contribution >= 4 is 17.5 Å². The summed E-state index contributed by atoms with van der Waals surface area (Å²) < 4.78 is 11.5. The number of benzene rings is 1. The van der Waals surface area contributed by atoms with Gasteiger partial charge >= 0.3 is 5.97 Å². The number of aryl methyl sites for hydroxylation is 2. The summed E-state index contributed by atoms with van der Waals surface area (Å²) in [4.78, 5) is 19.2. The molecule has 2 heterocycles. The Balaban J connectivity index is 1.70. The Kier molecular flexibility index (Phi) is 7.11. The highest BCUT2D eigenvalue weighted by Gasteiger charge is 2.17. The lowest BCUT2D eigenvalue weighted by Gasteiger charge is -2.17. The third-order valence-electron chi connectivity index (χ3n) is 4.67. The molecular weight excluding hydrogens is 386 g/mol. The van der Waals surface area contributed by atoms with E-state index in [0.717, 1.165) is 47.2 Å². The summed E-state index contributed by atoms with van der Waals surface area (Å²) in [5.41, 5.74) is 3.74. The third-order valence-corrected chi connectivity index (χ3v) is 5.40. The van der Waals surface area contributed by atoms with Gasteiger partial charge in [0.1, 0.15) is 13.2 Å². The molecule has 0 aliphatic heterocycles. The Bertz CT molecular complexity index is 962. The largest absolute Gasteiger partial charge is 0.463 e. The Labute approximate surface area is 175 Å². The van der Waals surface area contributed by atoms with Crippen molar-refractivity contribution in [3.8, 4) is 22.1 Å². The van der Waals surface area contributed by atoms with Crippen molar-refractivity contribution in [3.05, 3.63) is 41.6 Å². The van der Waals surface area contributed by atoms with Crippen molar-refractivity contribution in [2.24, 2.45) is 0 Å². The molecule has 0 aliphatic carbocycles. The highest BCUT2D eigenvalue weighted by atomic mass is 32.1. The second-order valence-electron chi connectivity index (χ2n) is 6.87. The van der Waals surface area contributed by atoms with E-state index in [-0.39, 0.29) is 12.5 Å². The van der Waals surface area contributed by atoms with Crippen molar-refractivity contribution in [1.29, 1.82) is 0 Å². The average molecular weight is 414 g/mol. The number of aromatic nitrogens is 4. The Hall–Kier alpha value is -2.58. The van der Waals surface area contributed by atoms with Crippen LogP contribution in [-0.2, 0) is 16.1 Å². The van der Waals surface area contributed by atoms with Gasteiger partial charge in [0.05, 0.1) is 11.4 Å². The van der Waals surface area contributed by atoms with Crippen LogP contribution in [0.25, 0.3) is 22.1 Å². The molecular formula is C21H27N5O2S. The molecule has 3 rings (SSSR count). The lowest BCUT2D eigenvalue weighted by Crippen LogP contribution is -2.28. The van der Waals surface area contributed by atoms with Crippen molar-refractivity contribution in [2.75, 3.05) is 26.2 Å². The van der Waals surface area contributed by atoms with Crippen LogP contribution in [0.2, 0.25) is 0 Å². The fraction of sp³-hybridized carbons (Fsp3) is 0.429. The van der Waals surface area contributed by atoms with Gasteiger partial charge in [-0.25, -0.2) is 4.98 Å². The predicted molar refractivity (Wildman–Crippen MR) is 115 cm³/mol. The van der Waals surface area contributed by atoms with E-state index in [2.05, 4.69) is 39.3 Å². The lowest BCUT2D eigenvalue weighted by molar-refractivity contribution is -0.144. The van der Waals surface area contributed by atoms with Crippen molar-refractivity contribution < 1.29 is 9.53 Å². The first kappa shape index (κ1) is 21.1. The van der Waals surface area contributed by atoms with Crippen LogP contribution in [0.5, 0.6) is 0 Å². The van der Waals surface area contributed by atoms with Crippen LogP contribution in [0, 0.1) is 13.8 Å². The van der Waals surface area contributed by atoms with E-state index in [1.54, 1.807) is 4.68 Å². The zero-order valence-corrected chi connectivity index (χ0v) is 18.2. The van der Waals surface area contributed by atoms with E-state index < -0.39 is 0 Å². The molecule has 0 N–H and O–H groups in total. The first-order valence-corrected chi connectivity index (χ1v) is 10.6. The summed E-state index contributed by atoms with van der Waals surface area (Å²) >= 11 is 1.30. The number of carbonyl (C=O) groups is 1. The van der Waals surface area contributed by atoms with Crippen LogP contribution in [-0.4, -0.2) is 56.2 Å². The second kappa shape index (κ2) is 9.76. The minimum Gasteiger partial charge on any atom is -0.463 e. The molecule has 7 nitrogen and oxygen atoms in total. The van der Waals surface area contributed by atoms with Crippen LogP contribution >= 0.6 is 11.5 Å². The molecule has 0 radical (unpaired) electrons. The van der Waals surface area contributed by atoms with Crippen LogP contribution < -0.4 is 0 Å². The molecule has 0 aliphatic rings. The maximum Gasteiger partial charge on any atom is 0.327 e. The van der Waals surface area contributed by atoms with Crippen molar-refractivity contribution in [3.63, 3.8) is 0 Å². The first-order valence-electron chi connectivity index (χ1n) is 9.83. The molecule has 29 heavy (non-hydrogen) atoms. The highest BCUT2D eigenvalue weighted by molar-refractivity contribution is 7.09. The quantitative estimate of drug-likeness (QED) is 0.499. The van der Waals surface area contributed by atoms with Gasteiger partial charge in [0.25, 0.3) is 0 Å². The predicted octanol–water partition coefficient (Wildman–Crippen LogP) is 3.57. The molecule has 0 saturated heterocycles. The molecule has 0 unspecified atom stereocenters. The number of likely N-dealkylation sites (N-methyl/N-ethyl adjacent to an activating group) is 1. The molecule has 154 valence electrons. The monoisotopic (exact) mass is 413 g/mol. The van der Waals surface area contributed by atoms with E-state index in [9.17, 15) is 4.79 Å². The fourth-order valence-corrected chi connectivity index (χ4v) is 3.77. The Morgan fingerprint density at radius 2 is 2.00 bits per heavy atom. The van der Waals surface area contributed by atoms with E-state index in [4.69, 9.17) is 4.74 Å². The minimum absolute atomic E-state index is 0.0563. The standard InChI is InChI=1S/C21H27N5O2S/c1-5-25(6-2)10-11-28-19(27)14-26-18(13-16(4)23-26)21-22-20(24-29-21)17-9-7-8-15(3)12-17/h7-9,12-13H,5-6,10-11,14H2,1-4H3. The zero-order chi connectivity index (χ0) is 20.8. The summed E-state index contributed by atoms with van der Waals surface area (Å²) in [6.07, 6.45) is 0. The minimum atomic E-state index is -0.301. The molecule has 0 saturated carbocycles. The highest BCUT2D eigenvalue weighted by Crippen LogP contribution is 2.27. The van der Waals surface area contributed by atoms with Gasteiger partial charge in [-0.3, -0.25) is 9.48 Å². The maximum atomic E-state index is 12.3. The summed E-state index contributed by atoms with van der Waals surface area (Å²) in [6.45, 7) is 11.2. The third kappa shape index (κ3) is 5.48. The number of rotatable bonds is 9. The number of hydrogen-bond acceptors (Lipinski definition) is 7.